The molecule has 0 spiro atoms. The Hall–Kier alpha value is -3.28. The molecule has 0 radical (unpaired) electrons. The number of para-hydroxylation sites is 1. The normalized spacial score (nSPS) is 13.7. The zero-order valence-corrected chi connectivity index (χ0v) is 16.1. The zero-order valence-electron chi connectivity index (χ0n) is 16.1. The van der Waals surface area contributed by atoms with Crippen molar-refractivity contribution < 1.29 is 22.7 Å². The molecule has 0 unspecified atom stereocenters. The van der Waals surface area contributed by atoms with Crippen LogP contribution < -0.4 is 4.74 Å². The number of rotatable bonds is 5. The maximum Gasteiger partial charge on any atom is 0.573 e. The second-order valence-corrected chi connectivity index (χ2v) is 7.29. The molecule has 0 atom stereocenters. The summed E-state index contributed by atoms with van der Waals surface area (Å²) in [4.78, 5) is 15.1. The highest BCUT2D eigenvalue weighted by atomic mass is 19.4. The summed E-state index contributed by atoms with van der Waals surface area (Å²) in [5.74, 6) is -0.958. The Morgan fingerprint density at radius 1 is 0.867 bits per heavy atom. The molecule has 1 aliphatic carbocycles. The lowest BCUT2D eigenvalue weighted by molar-refractivity contribution is -0.274. The van der Waals surface area contributed by atoms with E-state index in [4.69, 9.17) is 0 Å². The van der Waals surface area contributed by atoms with Crippen molar-refractivity contribution in [1.82, 2.24) is 4.90 Å². The quantitative estimate of drug-likeness (QED) is 0.563. The fourth-order valence-corrected chi connectivity index (χ4v) is 3.91. The van der Waals surface area contributed by atoms with Gasteiger partial charge < -0.3 is 9.64 Å². The molecule has 0 saturated heterocycles. The lowest BCUT2D eigenvalue weighted by Crippen LogP contribution is -2.40. The summed E-state index contributed by atoms with van der Waals surface area (Å²) >= 11 is 0. The maximum absolute atomic E-state index is 13.5. The number of ether oxygens (including phenoxy) is 1. The molecule has 6 heteroatoms. The minimum absolute atomic E-state index is 0.0956. The van der Waals surface area contributed by atoms with E-state index in [1.165, 1.54) is 18.2 Å². The first kappa shape index (κ1) is 20.0. The minimum atomic E-state index is -4.87. The second-order valence-electron chi connectivity index (χ2n) is 7.29. The Balaban J connectivity index is 1.67. The van der Waals surface area contributed by atoms with E-state index in [1.54, 1.807) is 11.0 Å². The largest absolute Gasteiger partial charge is 0.573 e. The van der Waals surface area contributed by atoms with Gasteiger partial charge in [-0.05, 0) is 41.7 Å². The molecule has 1 amide bonds. The molecule has 0 heterocycles. The number of nitrogens with zero attached hydrogens (tertiary/aromatic N) is 1. The third kappa shape index (κ3) is 4.48. The molecule has 3 aromatic rings. The third-order valence-electron chi connectivity index (χ3n) is 5.27. The van der Waals surface area contributed by atoms with E-state index in [1.807, 2.05) is 54.6 Å². The average molecular weight is 411 g/mol. The Morgan fingerprint density at radius 3 is 2.07 bits per heavy atom. The lowest BCUT2D eigenvalue weighted by Gasteiger charge is -2.30. The van der Waals surface area contributed by atoms with Crippen molar-refractivity contribution in [2.75, 3.05) is 0 Å². The molecule has 0 N–H and O–H groups in total. The van der Waals surface area contributed by atoms with Gasteiger partial charge in [-0.3, -0.25) is 4.79 Å². The van der Waals surface area contributed by atoms with E-state index >= 15 is 0 Å². The molecule has 154 valence electrons. The van der Waals surface area contributed by atoms with Crippen LogP contribution in [0.1, 0.15) is 27.0 Å². The van der Waals surface area contributed by atoms with Gasteiger partial charge in [-0.25, -0.2) is 0 Å². The van der Waals surface area contributed by atoms with Crippen molar-refractivity contribution in [3.05, 3.63) is 101 Å². The van der Waals surface area contributed by atoms with Gasteiger partial charge in [0.05, 0.1) is 5.56 Å². The van der Waals surface area contributed by atoms with E-state index < -0.39 is 18.0 Å². The number of hydrogen-bond donors (Lipinski definition) is 0. The number of fused-ring (bicyclic) bond motifs is 1. The molecule has 0 bridgehead atoms. The van der Waals surface area contributed by atoms with Crippen LogP contribution in [0.15, 0.2) is 78.9 Å². The van der Waals surface area contributed by atoms with Crippen molar-refractivity contribution in [2.24, 2.45) is 0 Å². The third-order valence-corrected chi connectivity index (χ3v) is 5.27. The van der Waals surface area contributed by atoms with Crippen molar-refractivity contribution in [1.29, 1.82) is 0 Å². The van der Waals surface area contributed by atoms with Gasteiger partial charge >= 0.3 is 6.36 Å². The van der Waals surface area contributed by atoms with E-state index in [9.17, 15) is 18.0 Å². The van der Waals surface area contributed by atoms with E-state index in [0.717, 1.165) is 16.7 Å². The standard InChI is InChI=1S/C24H20F3NO2/c25-24(26,27)30-22-13-7-6-12-21(22)23(29)28(16-17-8-2-1-3-9-17)20-14-18-10-4-5-11-19(18)15-20/h1-13,20H,14-16H2. The molecule has 3 nitrogen and oxygen atoms in total. The van der Waals surface area contributed by atoms with Gasteiger partial charge in [-0.2, -0.15) is 0 Å². The van der Waals surface area contributed by atoms with Gasteiger partial charge in [0, 0.05) is 12.6 Å². The molecule has 0 aliphatic heterocycles. The van der Waals surface area contributed by atoms with Crippen molar-refractivity contribution >= 4 is 5.91 Å². The molecule has 0 aromatic heterocycles. The van der Waals surface area contributed by atoms with Crippen LogP contribution in [0.2, 0.25) is 0 Å². The summed E-state index contributed by atoms with van der Waals surface area (Å²) in [6.45, 7) is 0.304. The number of hydrogen-bond acceptors (Lipinski definition) is 2. The van der Waals surface area contributed by atoms with Crippen LogP contribution >= 0.6 is 0 Å². The molecule has 3 aromatic carbocycles. The molecule has 1 aliphatic rings. The Morgan fingerprint density at radius 2 is 1.43 bits per heavy atom. The molecule has 4 rings (SSSR count). The molecular formula is C24H20F3NO2. The van der Waals surface area contributed by atoms with Crippen LogP contribution in [0, 0.1) is 0 Å². The van der Waals surface area contributed by atoms with Crippen LogP contribution in [0.5, 0.6) is 5.75 Å². The monoisotopic (exact) mass is 411 g/mol. The summed E-state index contributed by atoms with van der Waals surface area (Å²) in [6.07, 6.45) is -3.54. The predicted octanol–water partition coefficient (Wildman–Crippen LogP) is 5.40. The highest BCUT2D eigenvalue weighted by Gasteiger charge is 2.35. The van der Waals surface area contributed by atoms with E-state index in [-0.39, 0.29) is 11.6 Å². The summed E-state index contributed by atoms with van der Waals surface area (Å²) in [5, 5.41) is 0. The van der Waals surface area contributed by atoms with Crippen LogP contribution in [0.25, 0.3) is 0 Å². The number of halogens is 3. The Labute approximate surface area is 172 Å². The van der Waals surface area contributed by atoms with Crippen molar-refractivity contribution in [3.8, 4) is 5.75 Å². The highest BCUT2D eigenvalue weighted by Crippen LogP contribution is 2.31. The van der Waals surface area contributed by atoms with Crippen LogP contribution in [-0.2, 0) is 19.4 Å². The SMILES string of the molecule is O=C(c1ccccc1OC(F)(F)F)N(Cc1ccccc1)C1Cc2ccccc2C1. The predicted molar refractivity (Wildman–Crippen MR) is 107 cm³/mol. The molecule has 30 heavy (non-hydrogen) atoms. The van der Waals surface area contributed by atoms with Gasteiger partial charge in [0.15, 0.2) is 0 Å². The number of carbonyl (C=O) groups is 1. The summed E-state index contributed by atoms with van der Waals surface area (Å²) in [5.41, 5.74) is 3.14. The van der Waals surface area contributed by atoms with Crippen LogP contribution in [-0.4, -0.2) is 23.2 Å². The average Bonchev–Trinajstić information content (AvgIpc) is 3.15. The maximum atomic E-state index is 13.5. The fraction of sp³-hybridized carbons (Fsp3) is 0.208. The summed E-state index contributed by atoms with van der Waals surface area (Å²) in [7, 11) is 0. The first-order valence-electron chi connectivity index (χ1n) is 9.67. The first-order valence-corrected chi connectivity index (χ1v) is 9.67. The zero-order chi connectivity index (χ0) is 21.1. The van der Waals surface area contributed by atoms with Gasteiger partial charge in [-0.15, -0.1) is 13.2 Å². The second kappa shape index (κ2) is 8.22. The van der Waals surface area contributed by atoms with Gasteiger partial charge in [-0.1, -0.05) is 66.7 Å². The molecule has 0 saturated carbocycles. The summed E-state index contributed by atoms with van der Waals surface area (Å²) in [6, 6.07) is 22.8. The number of amides is 1. The van der Waals surface area contributed by atoms with Crippen LogP contribution in [0.3, 0.4) is 0 Å². The molecule has 0 fully saturated rings. The number of benzene rings is 3. The highest BCUT2D eigenvalue weighted by molar-refractivity contribution is 5.97. The van der Waals surface area contributed by atoms with Crippen molar-refractivity contribution in [2.45, 2.75) is 31.8 Å². The Bertz CT molecular complexity index is 1010. The minimum Gasteiger partial charge on any atom is -0.405 e. The van der Waals surface area contributed by atoms with E-state index in [2.05, 4.69) is 4.74 Å². The smallest absolute Gasteiger partial charge is 0.405 e. The van der Waals surface area contributed by atoms with Crippen molar-refractivity contribution in [3.63, 3.8) is 0 Å². The van der Waals surface area contributed by atoms with Gasteiger partial charge in [0.25, 0.3) is 5.91 Å². The van der Waals surface area contributed by atoms with Crippen LogP contribution in [0.4, 0.5) is 13.2 Å². The topological polar surface area (TPSA) is 29.5 Å². The Kier molecular flexibility index (Phi) is 5.48. The van der Waals surface area contributed by atoms with Gasteiger partial charge in [0.2, 0.25) is 0 Å². The molecular weight excluding hydrogens is 391 g/mol. The number of alkyl halides is 3. The number of carbonyl (C=O) groups excluding carboxylic acids is 1. The summed E-state index contributed by atoms with van der Waals surface area (Å²) < 4.78 is 42.7. The first-order chi connectivity index (χ1) is 14.4. The van der Waals surface area contributed by atoms with E-state index in [0.29, 0.717) is 19.4 Å². The fourth-order valence-electron chi connectivity index (χ4n) is 3.91. The lowest BCUT2D eigenvalue weighted by atomic mass is 10.1. The van der Waals surface area contributed by atoms with Gasteiger partial charge in [0.1, 0.15) is 5.75 Å².